The van der Waals surface area contributed by atoms with E-state index in [0.29, 0.717) is 18.1 Å². The second-order valence-corrected chi connectivity index (χ2v) is 3.54. The fourth-order valence-corrected chi connectivity index (χ4v) is 0.929. The number of hydrogen-bond acceptors (Lipinski definition) is 2. The molecule has 1 atom stereocenters. The standard InChI is InChI=1S/C9H19N3OS/c1-4-7(2)12-8(13)5-6-11-9(14)10-3/h7H,4-6H2,1-3H3,(H,12,13)(H2,10,11,14). The first-order valence-electron chi connectivity index (χ1n) is 4.85. The molecule has 1 amide bonds. The lowest BCUT2D eigenvalue weighted by Crippen LogP contribution is -2.37. The predicted molar refractivity (Wildman–Crippen MR) is 62.2 cm³/mol. The molecule has 0 aromatic rings. The van der Waals surface area contributed by atoms with Gasteiger partial charge in [0.05, 0.1) is 0 Å². The summed E-state index contributed by atoms with van der Waals surface area (Å²) in [4.78, 5) is 11.3. The summed E-state index contributed by atoms with van der Waals surface area (Å²) >= 11 is 4.86. The van der Waals surface area contributed by atoms with Gasteiger partial charge in [-0.3, -0.25) is 4.79 Å². The average molecular weight is 217 g/mol. The number of nitrogens with one attached hydrogen (secondary N) is 3. The Kier molecular flexibility index (Phi) is 7.10. The predicted octanol–water partition coefficient (Wildman–Crippen LogP) is 0.385. The number of carbonyl (C=O) groups excluding carboxylic acids is 1. The third-order valence-electron chi connectivity index (χ3n) is 1.88. The summed E-state index contributed by atoms with van der Waals surface area (Å²) in [6, 6.07) is 0.249. The fraction of sp³-hybridized carbons (Fsp3) is 0.778. The van der Waals surface area contributed by atoms with Crippen LogP contribution >= 0.6 is 12.2 Å². The van der Waals surface area contributed by atoms with E-state index in [9.17, 15) is 4.79 Å². The van der Waals surface area contributed by atoms with Gasteiger partial charge in [0.2, 0.25) is 5.91 Å². The molecular weight excluding hydrogens is 198 g/mol. The molecule has 0 saturated heterocycles. The van der Waals surface area contributed by atoms with Crippen molar-refractivity contribution in [3.05, 3.63) is 0 Å². The molecule has 0 bridgehead atoms. The first-order chi connectivity index (χ1) is 6.60. The maximum absolute atomic E-state index is 11.3. The highest BCUT2D eigenvalue weighted by Gasteiger charge is 2.04. The molecule has 0 heterocycles. The van der Waals surface area contributed by atoms with Crippen LogP contribution in [0.3, 0.4) is 0 Å². The molecule has 5 heteroatoms. The van der Waals surface area contributed by atoms with Crippen molar-refractivity contribution in [2.24, 2.45) is 0 Å². The molecule has 82 valence electrons. The van der Waals surface area contributed by atoms with E-state index < -0.39 is 0 Å². The summed E-state index contributed by atoms with van der Waals surface area (Å²) in [6.45, 7) is 4.60. The van der Waals surface area contributed by atoms with E-state index in [0.717, 1.165) is 6.42 Å². The second kappa shape index (κ2) is 7.55. The molecule has 0 aliphatic rings. The molecule has 0 aliphatic carbocycles. The van der Waals surface area contributed by atoms with Crippen molar-refractivity contribution < 1.29 is 4.79 Å². The Bertz CT molecular complexity index is 196. The van der Waals surface area contributed by atoms with Gasteiger partial charge in [-0.25, -0.2) is 0 Å². The van der Waals surface area contributed by atoms with Crippen LogP contribution in [0.4, 0.5) is 0 Å². The molecule has 0 radical (unpaired) electrons. The van der Waals surface area contributed by atoms with E-state index in [1.54, 1.807) is 7.05 Å². The lowest BCUT2D eigenvalue weighted by atomic mass is 10.2. The van der Waals surface area contributed by atoms with Gasteiger partial charge in [0.15, 0.2) is 5.11 Å². The first kappa shape index (κ1) is 13.2. The Hall–Kier alpha value is -0.840. The first-order valence-corrected chi connectivity index (χ1v) is 5.25. The second-order valence-electron chi connectivity index (χ2n) is 3.13. The molecule has 0 aromatic heterocycles. The Balaban J connectivity index is 3.49. The lowest BCUT2D eigenvalue weighted by Gasteiger charge is -2.11. The SMILES string of the molecule is CCC(C)NC(=O)CCNC(=S)NC. The normalized spacial score (nSPS) is 11.6. The molecule has 3 N–H and O–H groups in total. The van der Waals surface area contributed by atoms with E-state index in [1.807, 2.05) is 13.8 Å². The summed E-state index contributed by atoms with van der Waals surface area (Å²) in [5.74, 6) is 0.0609. The number of thiocarbonyl (C=S) groups is 1. The van der Waals surface area contributed by atoms with Gasteiger partial charge >= 0.3 is 0 Å². The van der Waals surface area contributed by atoms with E-state index >= 15 is 0 Å². The van der Waals surface area contributed by atoms with Crippen molar-refractivity contribution in [3.63, 3.8) is 0 Å². The molecule has 0 aromatic carbocycles. The highest BCUT2D eigenvalue weighted by molar-refractivity contribution is 7.80. The summed E-state index contributed by atoms with van der Waals surface area (Å²) in [5, 5.41) is 9.14. The van der Waals surface area contributed by atoms with Crippen molar-refractivity contribution in [1.82, 2.24) is 16.0 Å². The summed E-state index contributed by atoms with van der Waals surface area (Å²) in [7, 11) is 1.74. The summed E-state index contributed by atoms with van der Waals surface area (Å²) < 4.78 is 0. The monoisotopic (exact) mass is 217 g/mol. The number of carbonyl (C=O) groups is 1. The largest absolute Gasteiger partial charge is 0.366 e. The maximum atomic E-state index is 11.3. The lowest BCUT2D eigenvalue weighted by molar-refractivity contribution is -0.121. The third kappa shape index (κ3) is 6.65. The molecule has 4 nitrogen and oxygen atoms in total. The Morgan fingerprint density at radius 2 is 2.14 bits per heavy atom. The van der Waals surface area contributed by atoms with Crippen molar-refractivity contribution in [2.45, 2.75) is 32.7 Å². The van der Waals surface area contributed by atoms with Crippen molar-refractivity contribution in [2.75, 3.05) is 13.6 Å². The third-order valence-corrected chi connectivity index (χ3v) is 2.23. The van der Waals surface area contributed by atoms with E-state index in [4.69, 9.17) is 12.2 Å². The zero-order valence-electron chi connectivity index (χ0n) is 9.02. The highest BCUT2D eigenvalue weighted by atomic mass is 32.1. The topological polar surface area (TPSA) is 53.2 Å². The zero-order valence-corrected chi connectivity index (χ0v) is 9.83. The van der Waals surface area contributed by atoms with E-state index in [1.165, 1.54) is 0 Å². The van der Waals surface area contributed by atoms with Crippen molar-refractivity contribution >= 4 is 23.2 Å². The van der Waals surface area contributed by atoms with Crippen molar-refractivity contribution in [1.29, 1.82) is 0 Å². The summed E-state index contributed by atoms with van der Waals surface area (Å²) in [6.07, 6.45) is 1.40. The Labute approximate surface area is 90.8 Å². The molecule has 0 aliphatic heterocycles. The Morgan fingerprint density at radius 1 is 1.50 bits per heavy atom. The molecule has 14 heavy (non-hydrogen) atoms. The molecule has 0 saturated carbocycles. The maximum Gasteiger partial charge on any atom is 0.221 e. The van der Waals surface area contributed by atoms with Crippen molar-refractivity contribution in [3.8, 4) is 0 Å². The van der Waals surface area contributed by atoms with Gasteiger partial charge in [0, 0.05) is 26.1 Å². The van der Waals surface area contributed by atoms with Crippen LogP contribution in [0.2, 0.25) is 0 Å². The number of hydrogen-bond donors (Lipinski definition) is 3. The number of rotatable bonds is 5. The minimum Gasteiger partial charge on any atom is -0.366 e. The highest BCUT2D eigenvalue weighted by Crippen LogP contribution is 1.88. The molecule has 0 rings (SSSR count). The van der Waals surface area contributed by atoms with Crippen LogP contribution in [0.25, 0.3) is 0 Å². The Morgan fingerprint density at radius 3 is 2.64 bits per heavy atom. The molecular formula is C9H19N3OS. The van der Waals surface area contributed by atoms with Crippen LogP contribution < -0.4 is 16.0 Å². The van der Waals surface area contributed by atoms with E-state index in [-0.39, 0.29) is 11.9 Å². The van der Waals surface area contributed by atoms with Gasteiger partial charge in [-0.1, -0.05) is 6.92 Å². The van der Waals surface area contributed by atoms with Crippen LogP contribution in [0.1, 0.15) is 26.7 Å². The zero-order chi connectivity index (χ0) is 11.0. The molecule has 0 spiro atoms. The van der Waals surface area contributed by atoms with Gasteiger partial charge < -0.3 is 16.0 Å². The smallest absolute Gasteiger partial charge is 0.221 e. The van der Waals surface area contributed by atoms with Crippen LogP contribution in [0.15, 0.2) is 0 Å². The van der Waals surface area contributed by atoms with Gasteiger partial charge in [-0.05, 0) is 25.6 Å². The van der Waals surface area contributed by atoms with Gasteiger partial charge in [0.25, 0.3) is 0 Å². The molecule has 0 fully saturated rings. The number of amides is 1. The van der Waals surface area contributed by atoms with Crippen LogP contribution in [-0.4, -0.2) is 30.7 Å². The van der Waals surface area contributed by atoms with Gasteiger partial charge in [0.1, 0.15) is 0 Å². The van der Waals surface area contributed by atoms with E-state index in [2.05, 4.69) is 16.0 Å². The average Bonchev–Trinajstić information content (AvgIpc) is 2.17. The van der Waals surface area contributed by atoms with Crippen LogP contribution in [0.5, 0.6) is 0 Å². The van der Waals surface area contributed by atoms with Crippen LogP contribution in [-0.2, 0) is 4.79 Å². The minimum atomic E-state index is 0.0609. The summed E-state index contributed by atoms with van der Waals surface area (Å²) in [5.41, 5.74) is 0. The molecule has 1 unspecified atom stereocenters. The quantitative estimate of drug-likeness (QED) is 0.583. The minimum absolute atomic E-state index is 0.0609. The van der Waals surface area contributed by atoms with Crippen LogP contribution in [0, 0.1) is 0 Å². The van der Waals surface area contributed by atoms with Gasteiger partial charge in [-0.2, -0.15) is 0 Å². The van der Waals surface area contributed by atoms with Gasteiger partial charge in [-0.15, -0.1) is 0 Å². The fourth-order valence-electron chi connectivity index (χ4n) is 0.827.